The van der Waals surface area contributed by atoms with Gasteiger partial charge in [0, 0.05) is 6.54 Å². The zero-order valence-electron chi connectivity index (χ0n) is 30.6. The van der Waals surface area contributed by atoms with E-state index in [0.717, 1.165) is 90.9 Å². The van der Waals surface area contributed by atoms with Crippen molar-refractivity contribution in [3.63, 3.8) is 0 Å². The Bertz CT molecular complexity index is 2240. The van der Waals surface area contributed by atoms with E-state index in [1.165, 1.54) is 65.0 Å². The van der Waals surface area contributed by atoms with Gasteiger partial charge >= 0.3 is 9.75 Å². The summed E-state index contributed by atoms with van der Waals surface area (Å²) in [5, 5.41) is 0. The maximum Gasteiger partial charge on any atom is 0.305 e. The summed E-state index contributed by atoms with van der Waals surface area (Å²) >= 11 is 2.54. The highest BCUT2D eigenvalue weighted by Crippen LogP contribution is 2.24. The number of piperidine rings is 2. The van der Waals surface area contributed by atoms with Crippen LogP contribution >= 0.6 is 22.7 Å². The summed E-state index contributed by atoms with van der Waals surface area (Å²) in [6.45, 7) is 6.60. The average molecular weight is 767 g/mol. The van der Waals surface area contributed by atoms with Crippen molar-refractivity contribution >= 4 is 49.2 Å². The van der Waals surface area contributed by atoms with Crippen LogP contribution in [0.2, 0.25) is 0 Å². The molecule has 2 aliphatic heterocycles. The molecule has 0 radical (unpaired) electrons. The van der Waals surface area contributed by atoms with Gasteiger partial charge in [0.15, 0.2) is 0 Å². The van der Waals surface area contributed by atoms with E-state index in [-0.39, 0.29) is 21.4 Å². The fraction of sp³-hybridized carbons (Fsp3) is 0.364. The van der Waals surface area contributed by atoms with Crippen molar-refractivity contribution in [3.05, 3.63) is 144 Å². The summed E-state index contributed by atoms with van der Waals surface area (Å²) in [6, 6.07) is 26.2. The van der Waals surface area contributed by atoms with Gasteiger partial charge < -0.3 is 14.9 Å². The topological polar surface area (TPSA) is 72.2 Å². The smallest absolute Gasteiger partial charge is 0.305 e. The monoisotopic (exact) mass is 766 g/mol. The molecule has 2 saturated heterocycles. The van der Waals surface area contributed by atoms with Crippen molar-refractivity contribution in [1.82, 2.24) is 19.8 Å². The summed E-state index contributed by atoms with van der Waals surface area (Å²) in [4.78, 5) is 33.6. The number of benzene rings is 4. The second kappa shape index (κ2) is 18.4. The highest BCUT2D eigenvalue weighted by molar-refractivity contribution is 7.16. The molecule has 4 aromatic carbocycles. The van der Waals surface area contributed by atoms with Crippen LogP contribution in [0.4, 0.5) is 8.78 Å². The van der Waals surface area contributed by atoms with Gasteiger partial charge in [0.2, 0.25) is 0 Å². The average Bonchev–Trinajstić information content (AvgIpc) is 3.75. The van der Waals surface area contributed by atoms with Crippen molar-refractivity contribution in [3.8, 4) is 0 Å². The molecule has 2 aromatic heterocycles. The number of hydrogen-bond donors (Lipinski definition) is 2. The molecular formula is C44H48F2N4O2S2. The molecule has 54 heavy (non-hydrogen) atoms. The molecule has 0 amide bonds. The number of aromatic amines is 2. The van der Waals surface area contributed by atoms with Crippen molar-refractivity contribution in [1.29, 1.82) is 0 Å². The Labute approximate surface area is 323 Å². The van der Waals surface area contributed by atoms with Crippen molar-refractivity contribution in [2.24, 2.45) is 11.8 Å². The quantitative estimate of drug-likeness (QED) is 0.138. The van der Waals surface area contributed by atoms with Crippen molar-refractivity contribution in [2.45, 2.75) is 51.4 Å². The Balaban J connectivity index is 0.000000167. The largest absolute Gasteiger partial charge is 0.312 e. The van der Waals surface area contributed by atoms with Crippen LogP contribution in [0.25, 0.3) is 26.5 Å². The van der Waals surface area contributed by atoms with Gasteiger partial charge in [-0.05, 0) is 167 Å². The van der Waals surface area contributed by atoms with Crippen LogP contribution in [0, 0.1) is 23.5 Å². The van der Waals surface area contributed by atoms with E-state index in [9.17, 15) is 18.4 Å². The molecule has 0 atom stereocenters. The minimum Gasteiger partial charge on any atom is -0.312 e. The molecule has 2 aliphatic rings. The molecule has 0 aliphatic carbocycles. The number of nitrogens with zero attached hydrogens (tertiary/aromatic N) is 2. The number of hydrogen-bond acceptors (Lipinski definition) is 6. The Morgan fingerprint density at radius 1 is 0.630 bits per heavy atom. The second-order valence-corrected chi connectivity index (χ2v) is 16.8. The zero-order chi connectivity index (χ0) is 37.3. The van der Waals surface area contributed by atoms with Gasteiger partial charge in [-0.25, -0.2) is 8.78 Å². The molecule has 0 unspecified atom stereocenters. The molecule has 6 nitrogen and oxygen atoms in total. The van der Waals surface area contributed by atoms with Gasteiger partial charge in [0.25, 0.3) is 0 Å². The van der Waals surface area contributed by atoms with Crippen LogP contribution in [-0.4, -0.2) is 59.0 Å². The minimum absolute atomic E-state index is 0.00496. The fourth-order valence-corrected chi connectivity index (χ4v) is 9.34. The highest BCUT2D eigenvalue weighted by atomic mass is 32.1. The van der Waals surface area contributed by atoms with Crippen molar-refractivity contribution in [2.75, 3.05) is 39.3 Å². The first-order valence-corrected chi connectivity index (χ1v) is 20.8. The van der Waals surface area contributed by atoms with Crippen LogP contribution in [0.3, 0.4) is 0 Å². The lowest BCUT2D eigenvalue weighted by atomic mass is 9.90. The van der Waals surface area contributed by atoms with E-state index in [0.29, 0.717) is 11.8 Å². The molecule has 0 spiro atoms. The number of halogens is 2. The van der Waals surface area contributed by atoms with Gasteiger partial charge in [0.05, 0.1) is 20.4 Å². The molecule has 2 N–H and O–H groups in total. The Kier molecular flexibility index (Phi) is 13.0. The van der Waals surface area contributed by atoms with Crippen LogP contribution in [0.1, 0.15) is 54.4 Å². The first-order valence-electron chi connectivity index (χ1n) is 19.2. The van der Waals surface area contributed by atoms with E-state index in [1.807, 2.05) is 42.5 Å². The van der Waals surface area contributed by atoms with Crippen LogP contribution < -0.4 is 9.75 Å². The predicted molar refractivity (Wildman–Crippen MR) is 221 cm³/mol. The predicted octanol–water partition coefficient (Wildman–Crippen LogP) is 9.31. The molecule has 8 rings (SSSR count). The molecular weight excluding hydrogens is 719 g/mol. The van der Waals surface area contributed by atoms with Gasteiger partial charge in [-0.2, -0.15) is 0 Å². The van der Waals surface area contributed by atoms with Crippen molar-refractivity contribution < 1.29 is 8.78 Å². The lowest BCUT2D eigenvalue weighted by molar-refractivity contribution is 0.182. The van der Waals surface area contributed by atoms with Crippen LogP contribution in [-0.2, 0) is 19.3 Å². The fourth-order valence-electron chi connectivity index (χ4n) is 7.75. The van der Waals surface area contributed by atoms with Crippen LogP contribution in [0.5, 0.6) is 0 Å². The second-order valence-electron chi connectivity index (χ2n) is 14.8. The van der Waals surface area contributed by atoms with E-state index >= 15 is 0 Å². The summed E-state index contributed by atoms with van der Waals surface area (Å²) < 4.78 is 28.1. The van der Waals surface area contributed by atoms with E-state index in [4.69, 9.17) is 0 Å². The molecule has 4 heterocycles. The lowest BCUT2D eigenvalue weighted by Crippen LogP contribution is -2.35. The molecule has 0 bridgehead atoms. The van der Waals surface area contributed by atoms with Gasteiger partial charge in [-0.15, -0.1) is 0 Å². The SMILES string of the molecule is O=c1[nH]c2ccc(C=CCN3CCC(Cc4ccc(F)cc4)CC3)cc2s1.O=c1[nH]c2ccc(CCCN3CCC(Cc4ccc(F)cc4)CC3)cc2s1. The molecule has 2 fully saturated rings. The minimum atomic E-state index is -0.162. The number of thiazole rings is 2. The number of fused-ring (bicyclic) bond motifs is 2. The Morgan fingerprint density at radius 3 is 1.70 bits per heavy atom. The maximum atomic E-state index is 13.0. The zero-order valence-corrected chi connectivity index (χ0v) is 32.2. The molecule has 10 heteroatoms. The third-order valence-electron chi connectivity index (χ3n) is 10.8. The summed E-state index contributed by atoms with van der Waals surface area (Å²) in [6.07, 6.45) is 13.5. The Hall–Kier alpha value is -4.22. The third kappa shape index (κ3) is 10.9. The van der Waals surface area contributed by atoms with Gasteiger partial charge in [0.1, 0.15) is 11.6 Å². The normalized spacial score (nSPS) is 16.3. The Morgan fingerprint density at radius 2 is 1.13 bits per heavy atom. The number of nitrogens with one attached hydrogen (secondary N) is 2. The van der Waals surface area contributed by atoms with E-state index < -0.39 is 0 Å². The molecule has 0 saturated carbocycles. The number of aryl methyl sites for hydroxylation is 1. The maximum absolute atomic E-state index is 13.0. The van der Waals surface area contributed by atoms with Crippen LogP contribution in [0.15, 0.2) is 101 Å². The van der Waals surface area contributed by atoms with Gasteiger partial charge in [-0.1, -0.05) is 71.2 Å². The standard InChI is InChI=1S/C22H25FN2OS.C22H23FN2OS/c2*23-19-6-3-17(4-7-19)14-18-9-12-25(13-10-18)11-1-2-16-5-8-20-21(15-16)27-22(26)24-20/h3-8,15,18H,1-2,9-14H2,(H,24,26);1-8,15,18H,9-14H2,(H,24,26). The van der Waals surface area contributed by atoms with Gasteiger partial charge in [-0.3, -0.25) is 14.5 Å². The molecule has 6 aromatic rings. The lowest BCUT2D eigenvalue weighted by Gasteiger charge is -2.32. The summed E-state index contributed by atoms with van der Waals surface area (Å²) in [5.74, 6) is 1.09. The highest BCUT2D eigenvalue weighted by Gasteiger charge is 2.20. The van der Waals surface area contributed by atoms with E-state index in [1.54, 1.807) is 24.3 Å². The molecule has 282 valence electrons. The third-order valence-corrected chi connectivity index (χ3v) is 12.5. The van der Waals surface area contributed by atoms with E-state index in [2.05, 4.69) is 50.1 Å². The number of H-pyrrole nitrogens is 2. The first-order chi connectivity index (χ1) is 26.3. The summed E-state index contributed by atoms with van der Waals surface area (Å²) in [7, 11) is 0. The number of aromatic nitrogens is 2. The number of rotatable bonds is 11. The first kappa shape index (κ1) is 38.1. The number of likely N-dealkylation sites (tertiary alicyclic amines) is 2. The summed E-state index contributed by atoms with van der Waals surface area (Å²) in [5.41, 5.74) is 6.77.